The zero-order valence-electron chi connectivity index (χ0n) is 21.7. The van der Waals surface area contributed by atoms with E-state index in [4.69, 9.17) is 17.3 Å². The topological polar surface area (TPSA) is 57.3 Å². The van der Waals surface area contributed by atoms with Gasteiger partial charge in [0.1, 0.15) is 0 Å². The molecule has 38 heavy (non-hydrogen) atoms. The monoisotopic (exact) mass is 545 g/mol. The number of carbonyl (C=O) groups is 1. The van der Waals surface area contributed by atoms with Crippen molar-refractivity contribution >= 4 is 57.6 Å². The van der Waals surface area contributed by atoms with Crippen LogP contribution in [0.5, 0.6) is 0 Å². The molecule has 0 atom stereocenters. The largest absolute Gasteiger partial charge is 0.377 e. The first-order valence-corrected chi connectivity index (χ1v) is 13.9. The van der Waals surface area contributed by atoms with Crippen molar-refractivity contribution in [1.29, 1.82) is 0 Å². The molecule has 2 aromatic heterocycles. The van der Waals surface area contributed by atoms with Crippen molar-refractivity contribution in [2.75, 3.05) is 30.4 Å². The van der Waals surface area contributed by atoms with Crippen LogP contribution >= 0.6 is 23.4 Å². The van der Waals surface area contributed by atoms with E-state index in [1.165, 1.54) is 10.6 Å². The smallest absolute Gasteiger partial charge is 0.219 e. The first-order valence-electron chi connectivity index (χ1n) is 12.7. The molecule has 0 radical (unpaired) electrons. The zero-order valence-corrected chi connectivity index (χ0v) is 23.3. The molecule has 2 aromatic carbocycles. The molecule has 5 rings (SSSR count). The molecule has 8 heteroatoms. The normalized spacial score (nSPS) is 13.8. The molecule has 0 bridgehead atoms. The number of primary amides is 1. The van der Waals surface area contributed by atoms with E-state index in [1.54, 1.807) is 11.8 Å². The second-order valence-corrected chi connectivity index (χ2v) is 11.1. The maximum Gasteiger partial charge on any atom is 0.219 e. The molecule has 6 nitrogen and oxygen atoms in total. The number of hydrogen-bond acceptors (Lipinski definition) is 4. The summed E-state index contributed by atoms with van der Waals surface area (Å²) in [6.45, 7) is 2.36. The van der Waals surface area contributed by atoms with Gasteiger partial charge in [-0.2, -0.15) is 4.57 Å². The summed E-state index contributed by atoms with van der Waals surface area (Å²) in [4.78, 5) is 17.0. The minimum Gasteiger partial charge on any atom is -0.377 e. The summed E-state index contributed by atoms with van der Waals surface area (Å²) in [6, 6.07) is 20.8. The van der Waals surface area contributed by atoms with E-state index in [0.29, 0.717) is 13.0 Å². The molecule has 0 unspecified atom stereocenters. The number of hydrogen-bond donors (Lipinski definition) is 1. The summed E-state index contributed by atoms with van der Waals surface area (Å²) in [7, 11) is 4.10. The lowest BCUT2D eigenvalue weighted by molar-refractivity contribution is -0.717. The second-order valence-electron chi connectivity index (χ2n) is 9.59. The first-order chi connectivity index (χ1) is 18.4. The number of amides is 1. The number of halogens is 1. The Hall–Kier alpha value is -3.55. The number of fused-ring (bicyclic) bond motifs is 2. The lowest BCUT2D eigenvalue weighted by Gasteiger charge is -2.20. The minimum atomic E-state index is -0.300. The molecule has 0 fully saturated rings. The van der Waals surface area contributed by atoms with Crippen LogP contribution in [0, 0.1) is 0 Å². The van der Waals surface area contributed by atoms with E-state index in [2.05, 4.69) is 94.1 Å². The highest BCUT2D eigenvalue weighted by Crippen LogP contribution is 2.46. The van der Waals surface area contributed by atoms with Crippen LogP contribution in [0.2, 0.25) is 5.02 Å². The highest BCUT2D eigenvalue weighted by molar-refractivity contribution is 8.03. The van der Waals surface area contributed by atoms with Gasteiger partial charge in [-0.1, -0.05) is 35.5 Å². The molecule has 194 valence electrons. The van der Waals surface area contributed by atoms with Gasteiger partial charge in [0.25, 0.3) is 0 Å². The molecule has 0 aliphatic carbocycles. The summed E-state index contributed by atoms with van der Waals surface area (Å²) in [5.74, 6) is -0.300. The van der Waals surface area contributed by atoms with Gasteiger partial charge < -0.3 is 15.5 Å². The van der Waals surface area contributed by atoms with Crippen LogP contribution in [0.1, 0.15) is 18.4 Å². The van der Waals surface area contributed by atoms with E-state index in [9.17, 15) is 4.79 Å². The first kappa shape index (κ1) is 26.1. The lowest BCUT2D eigenvalue weighted by atomic mass is 10.1. The van der Waals surface area contributed by atoms with Crippen LogP contribution in [0.15, 0.2) is 89.2 Å². The third-order valence-corrected chi connectivity index (χ3v) is 8.06. The fourth-order valence-electron chi connectivity index (χ4n) is 4.71. The maximum absolute atomic E-state index is 11.5. The summed E-state index contributed by atoms with van der Waals surface area (Å²) < 4.78 is 4.50. The Labute approximate surface area is 232 Å². The molecular formula is C30H32ClN5OS+2. The lowest BCUT2D eigenvalue weighted by Crippen LogP contribution is -2.39. The van der Waals surface area contributed by atoms with E-state index < -0.39 is 0 Å². The van der Waals surface area contributed by atoms with E-state index >= 15 is 0 Å². The summed E-state index contributed by atoms with van der Waals surface area (Å²) >= 11 is 8.16. The number of aromatic nitrogens is 2. The quantitative estimate of drug-likeness (QED) is 0.300. The number of aryl methyl sites for hydroxylation is 2. The third kappa shape index (κ3) is 5.79. The SMILES string of the molecule is CN(C)c1cc[n+](CCC[n+]2ccc(C=C3Sc4ccccc4N3CCC(N)=O)c3ccc(Cl)cc32)cc1. The number of para-hydroxylation sites is 1. The molecule has 1 aliphatic heterocycles. The molecule has 3 heterocycles. The number of rotatable bonds is 9. The molecule has 4 aromatic rings. The number of benzene rings is 2. The van der Waals surface area contributed by atoms with Crippen molar-refractivity contribution in [2.24, 2.45) is 5.73 Å². The average Bonchev–Trinajstić information content (AvgIpc) is 3.25. The molecular weight excluding hydrogens is 514 g/mol. The molecule has 0 saturated heterocycles. The number of nitrogens with zero attached hydrogens (tertiary/aromatic N) is 4. The van der Waals surface area contributed by atoms with Crippen LogP contribution in [0.3, 0.4) is 0 Å². The van der Waals surface area contributed by atoms with Crippen LogP contribution < -0.4 is 24.7 Å². The minimum absolute atomic E-state index is 0.299. The fraction of sp³-hybridized carbons (Fsp3) is 0.233. The number of thioether (sulfide) groups is 1. The molecule has 0 saturated carbocycles. The van der Waals surface area contributed by atoms with Gasteiger partial charge in [-0.25, -0.2) is 4.57 Å². The van der Waals surface area contributed by atoms with Crippen molar-refractivity contribution in [3.8, 4) is 0 Å². The van der Waals surface area contributed by atoms with Gasteiger partial charge in [-0.3, -0.25) is 4.79 Å². The predicted octanol–water partition coefficient (Wildman–Crippen LogP) is 5.01. The van der Waals surface area contributed by atoms with Gasteiger partial charge in [-0.15, -0.1) is 0 Å². The van der Waals surface area contributed by atoms with Gasteiger partial charge in [-0.05, 0) is 35.9 Å². The summed E-state index contributed by atoms with van der Waals surface area (Å²) in [6.07, 6.45) is 9.90. The van der Waals surface area contributed by atoms with Gasteiger partial charge in [0.05, 0.1) is 22.5 Å². The average molecular weight is 546 g/mol. The second kappa shape index (κ2) is 11.5. The number of carbonyl (C=O) groups excluding carboxylic acids is 1. The van der Waals surface area contributed by atoms with Gasteiger partial charge >= 0.3 is 0 Å². The van der Waals surface area contributed by atoms with Crippen molar-refractivity contribution in [2.45, 2.75) is 30.8 Å². The van der Waals surface area contributed by atoms with Crippen molar-refractivity contribution in [3.63, 3.8) is 0 Å². The van der Waals surface area contributed by atoms with E-state index in [0.717, 1.165) is 51.7 Å². The maximum atomic E-state index is 11.5. The van der Waals surface area contributed by atoms with E-state index in [1.807, 2.05) is 24.3 Å². The zero-order chi connectivity index (χ0) is 26.6. The van der Waals surface area contributed by atoms with Crippen LogP contribution in [0.4, 0.5) is 11.4 Å². The standard InChI is InChI=1S/C30H31ClN5OS/c1-33(2)24-11-16-34(17-12-24)14-5-15-35-18-10-22(25-9-8-23(31)21-27(25)35)20-30-36(19-13-29(32)37)26-6-3-4-7-28(26)38-30/h3-4,6-12,16-18,20-21H,5,13-15,19H2,1-2H3,(H-,32,37)/q+1/p+1. The summed E-state index contributed by atoms with van der Waals surface area (Å²) in [5.41, 5.74) is 9.99. The Kier molecular flexibility index (Phi) is 7.86. The fourth-order valence-corrected chi connectivity index (χ4v) is 6.02. The number of pyridine rings is 2. The van der Waals surface area contributed by atoms with Crippen molar-refractivity contribution < 1.29 is 13.9 Å². The van der Waals surface area contributed by atoms with Crippen LogP contribution in [-0.4, -0.2) is 26.5 Å². The molecule has 0 spiro atoms. The third-order valence-electron chi connectivity index (χ3n) is 6.72. The van der Waals surface area contributed by atoms with Gasteiger partial charge in [0.15, 0.2) is 31.7 Å². The number of anilines is 2. The van der Waals surface area contributed by atoms with Crippen molar-refractivity contribution in [1.82, 2.24) is 0 Å². The Balaban J connectivity index is 1.41. The Morgan fingerprint density at radius 1 is 1.05 bits per heavy atom. The Morgan fingerprint density at radius 3 is 2.61 bits per heavy atom. The molecule has 1 amide bonds. The number of nitrogens with two attached hydrogens (primary N) is 1. The van der Waals surface area contributed by atoms with E-state index in [-0.39, 0.29) is 5.91 Å². The predicted molar refractivity (Wildman–Crippen MR) is 156 cm³/mol. The summed E-state index contributed by atoms with van der Waals surface area (Å²) in [5, 5.41) is 2.94. The van der Waals surface area contributed by atoms with Gasteiger partial charge in [0.2, 0.25) is 11.4 Å². The van der Waals surface area contributed by atoms with Crippen LogP contribution in [0.25, 0.3) is 17.0 Å². The van der Waals surface area contributed by atoms with Crippen LogP contribution in [-0.2, 0) is 17.9 Å². The Morgan fingerprint density at radius 2 is 1.84 bits per heavy atom. The highest BCUT2D eigenvalue weighted by atomic mass is 35.5. The van der Waals surface area contributed by atoms with Crippen molar-refractivity contribution in [3.05, 3.63) is 94.9 Å². The van der Waals surface area contributed by atoms with Gasteiger partial charge in [0, 0.05) is 66.9 Å². The molecule has 2 N–H and O–H groups in total. The highest BCUT2D eigenvalue weighted by Gasteiger charge is 2.25. The molecule has 1 aliphatic rings. The Bertz CT molecular complexity index is 1500.